The first-order valence-corrected chi connectivity index (χ1v) is 8.60. The molecule has 0 bridgehead atoms. The number of carbonyl (C=O) groups is 1. The van der Waals surface area contributed by atoms with Crippen LogP contribution in [0.1, 0.15) is 20.9 Å². The lowest BCUT2D eigenvalue weighted by Gasteiger charge is -2.03. The van der Waals surface area contributed by atoms with Gasteiger partial charge in [0.2, 0.25) is 5.13 Å². The zero-order valence-corrected chi connectivity index (χ0v) is 15.1. The number of hydrogen-bond acceptors (Lipinski definition) is 6. The van der Waals surface area contributed by atoms with Gasteiger partial charge in [-0.1, -0.05) is 35.6 Å². The second-order valence-electron chi connectivity index (χ2n) is 5.24. The molecule has 0 fully saturated rings. The molecule has 1 amide bonds. The second-order valence-corrected chi connectivity index (χ2v) is 6.25. The largest absolute Gasteiger partial charge is 0.497 e. The van der Waals surface area contributed by atoms with E-state index in [2.05, 4.69) is 15.5 Å². The summed E-state index contributed by atoms with van der Waals surface area (Å²) in [6.45, 7) is 0. The Morgan fingerprint density at radius 3 is 2.50 bits per heavy atom. The van der Waals surface area contributed by atoms with Crippen LogP contribution >= 0.6 is 11.3 Å². The van der Waals surface area contributed by atoms with Crippen LogP contribution in [0.3, 0.4) is 0 Å². The molecule has 0 saturated carbocycles. The molecule has 2 aromatic carbocycles. The van der Waals surface area contributed by atoms with Gasteiger partial charge in [-0.15, -0.1) is 10.2 Å². The van der Waals surface area contributed by atoms with Gasteiger partial charge in [-0.05, 0) is 42.0 Å². The first-order valence-electron chi connectivity index (χ1n) is 7.79. The Balaban J connectivity index is 1.65. The summed E-state index contributed by atoms with van der Waals surface area (Å²) in [6, 6.07) is 14.6. The maximum Gasteiger partial charge on any atom is 0.257 e. The monoisotopic (exact) mass is 367 g/mol. The lowest BCUT2D eigenvalue weighted by atomic mass is 10.2. The molecule has 0 aliphatic carbocycles. The summed E-state index contributed by atoms with van der Waals surface area (Å²) in [5.74, 6) is 1.17. The van der Waals surface area contributed by atoms with Gasteiger partial charge in [0, 0.05) is 5.56 Å². The average Bonchev–Trinajstić information content (AvgIpc) is 3.14. The minimum Gasteiger partial charge on any atom is -0.497 e. The summed E-state index contributed by atoms with van der Waals surface area (Å²) in [7, 11) is 3.19. The van der Waals surface area contributed by atoms with Crippen LogP contribution in [-0.2, 0) is 0 Å². The van der Waals surface area contributed by atoms with Crippen molar-refractivity contribution in [2.75, 3.05) is 19.5 Å². The van der Waals surface area contributed by atoms with E-state index in [0.717, 1.165) is 11.3 Å². The number of methoxy groups -OCH3 is 2. The molecule has 0 aliphatic heterocycles. The summed E-state index contributed by atoms with van der Waals surface area (Å²) >= 11 is 1.30. The van der Waals surface area contributed by atoms with Gasteiger partial charge >= 0.3 is 0 Å². The normalized spacial score (nSPS) is 10.7. The van der Waals surface area contributed by atoms with Crippen molar-refractivity contribution in [2.45, 2.75) is 0 Å². The number of nitrogens with one attached hydrogen (secondary N) is 1. The molecule has 0 unspecified atom stereocenters. The van der Waals surface area contributed by atoms with Crippen molar-refractivity contribution in [3.05, 3.63) is 64.7 Å². The third kappa shape index (κ3) is 4.46. The molecular weight excluding hydrogens is 350 g/mol. The van der Waals surface area contributed by atoms with Crippen LogP contribution in [0.2, 0.25) is 0 Å². The quantitative estimate of drug-likeness (QED) is 0.713. The van der Waals surface area contributed by atoms with Crippen LogP contribution in [0.5, 0.6) is 11.5 Å². The van der Waals surface area contributed by atoms with Crippen LogP contribution in [0.15, 0.2) is 48.5 Å². The highest BCUT2D eigenvalue weighted by atomic mass is 32.1. The van der Waals surface area contributed by atoms with Gasteiger partial charge in [0.15, 0.2) is 0 Å². The smallest absolute Gasteiger partial charge is 0.257 e. The summed E-state index contributed by atoms with van der Waals surface area (Å²) < 4.78 is 10.3. The van der Waals surface area contributed by atoms with Gasteiger partial charge in [0.1, 0.15) is 16.5 Å². The van der Waals surface area contributed by atoms with Crippen LogP contribution in [0.4, 0.5) is 5.13 Å². The number of aromatic nitrogens is 2. The number of benzene rings is 2. The zero-order chi connectivity index (χ0) is 18.4. The Kier molecular flexibility index (Phi) is 5.60. The van der Waals surface area contributed by atoms with E-state index >= 15 is 0 Å². The van der Waals surface area contributed by atoms with E-state index in [9.17, 15) is 4.79 Å². The Bertz CT molecular complexity index is 920. The van der Waals surface area contributed by atoms with Gasteiger partial charge in [0.05, 0.1) is 14.2 Å². The first kappa shape index (κ1) is 17.6. The van der Waals surface area contributed by atoms with Gasteiger partial charge in [-0.3, -0.25) is 10.1 Å². The second kappa shape index (κ2) is 8.26. The van der Waals surface area contributed by atoms with E-state index in [1.807, 2.05) is 36.4 Å². The molecule has 132 valence electrons. The number of ether oxygens (including phenoxy) is 2. The lowest BCUT2D eigenvalue weighted by molar-refractivity contribution is 0.102. The molecule has 3 aromatic rings. The average molecular weight is 367 g/mol. The molecule has 6 nitrogen and oxygen atoms in total. The van der Waals surface area contributed by atoms with Crippen LogP contribution in [0.25, 0.3) is 12.2 Å². The van der Waals surface area contributed by atoms with E-state index in [0.29, 0.717) is 21.5 Å². The van der Waals surface area contributed by atoms with Gasteiger partial charge in [-0.2, -0.15) is 0 Å². The number of anilines is 1. The third-order valence-corrected chi connectivity index (χ3v) is 4.33. The molecule has 7 heteroatoms. The standard InChI is InChI=1S/C19H17N3O3S/c1-24-15-9-6-13(7-10-15)8-11-17-21-22-19(26-17)20-18(23)14-4-3-5-16(12-14)25-2/h3-12H,1-2H3,(H,20,22,23). The van der Waals surface area contributed by atoms with E-state index < -0.39 is 0 Å². The highest BCUT2D eigenvalue weighted by Gasteiger charge is 2.10. The maximum atomic E-state index is 12.3. The van der Waals surface area contributed by atoms with Crippen LogP contribution in [0, 0.1) is 0 Å². The number of nitrogens with zero attached hydrogens (tertiary/aromatic N) is 2. The molecule has 0 aliphatic rings. The van der Waals surface area contributed by atoms with Crippen molar-refractivity contribution in [1.82, 2.24) is 10.2 Å². The molecule has 1 aromatic heterocycles. The minimum absolute atomic E-state index is 0.259. The number of hydrogen-bond donors (Lipinski definition) is 1. The zero-order valence-electron chi connectivity index (χ0n) is 14.3. The van der Waals surface area contributed by atoms with Crippen LogP contribution in [-0.4, -0.2) is 30.3 Å². The van der Waals surface area contributed by atoms with Crippen molar-refractivity contribution in [3.8, 4) is 11.5 Å². The Labute approximate surface area is 155 Å². The number of carbonyl (C=O) groups excluding carboxylic acids is 1. The highest BCUT2D eigenvalue weighted by Crippen LogP contribution is 2.20. The first-order chi connectivity index (χ1) is 12.7. The fourth-order valence-electron chi connectivity index (χ4n) is 2.17. The highest BCUT2D eigenvalue weighted by molar-refractivity contribution is 7.16. The van der Waals surface area contributed by atoms with E-state index in [-0.39, 0.29) is 5.91 Å². The lowest BCUT2D eigenvalue weighted by Crippen LogP contribution is -2.11. The van der Waals surface area contributed by atoms with Crippen molar-refractivity contribution in [3.63, 3.8) is 0 Å². The SMILES string of the molecule is COc1ccc(C=Cc2nnc(NC(=O)c3cccc(OC)c3)s2)cc1. The Morgan fingerprint density at radius 1 is 1.00 bits per heavy atom. The molecule has 1 N–H and O–H groups in total. The molecular formula is C19H17N3O3S. The molecule has 0 saturated heterocycles. The summed E-state index contributed by atoms with van der Waals surface area (Å²) in [4.78, 5) is 12.3. The fourth-order valence-corrected chi connectivity index (χ4v) is 2.81. The van der Waals surface area contributed by atoms with Crippen molar-refractivity contribution in [2.24, 2.45) is 0 Å². The van der Waals surface area contributed by atoms with Crippen LogP contribution < -0.4 is 14.8 Å². The minimum atomic E-state index is -0.259. The number of amides is 1. The Morgan fingerprint density at radius 2 is 1.77 bits per heavy atom. The summed E-state index contributed by atoms with van der Waals surface area (Å²) in [6.07, 6.45) is 3.77. The fraction of sp³-hybridized carbons (Fsp3) is 0.105. The Hall–Kier alpha value is -3.19. The molecule has 26 heavy (non-hydrogen) atoms. The van der Waals surface area contributed by atoms with Gasteiger partial charge < -0.3 is 9.47 Å². The van der Waals surface area contributed by atoms with E-state index in [4.69, 9.17) is 9.47 Å². The van der Waals surface area contributed by atoms with E-state index in [1.54, 1.807) is 38.5 Å². The van der Waals surface area contributed by atoms with Gasteiger partial charge in [0.25, 0.3) is 5.91 Å². The topological polar surface area (TPSA) is 73.3 Å². The van der Waals surface area contributed by atoms with Crippen molar-refractivity contribution < 1.29 is 14.3 Å². The molecule has 3 rings (SSSR count). The third-order valence-electron chi connectivity index (χ3n) is 3.53. The van der Waals surface area contributed by atoms with Gasteiger partial charge in [-0.25, -0.2) is 0 Å². The maximum absolute atomic E-state index is 12.3. The summed E-state index contributed by atoms with van der Waals surface area (Å²) in [5.41, 5.74) is 1.51. The van der Waals surface area contributed by atoms with Crippen molar-refractivity contribution in [1.29, 1.82) is 0 Å². The number of rotatable bonds is 6. The van der Waals surface area contributed by atoms with Crippen molar-refractivity contribution >= 4 is 34.5 Å². The predicted molar refractivity (Wildman–Crippen MR) is 103 cm³/mol. The molecule has 0 atom stereocenters. The molecule has 1 heterocycles. The van der Waals surface area contributed by atoms with E-state index in [1.165, 1.54) is 11.3 Å². The molecule has 0 radical (unpaired) electrons. The predicted octanol–water partition coefficient (Wildman–Crippen LogP) is 3.98. The molecule has 0 spiro atoms. The summed E-state index contributed by atoms with van der Waals surface area (Å²) in [5, 5.41) is 11.9.